The molecule has 1 aliphatic carbocycles. The van der Waals surface area contributed by atoms with E-state index < -0.39 is 0 Å². The molecule has 0 unspecified atom stereocenters. The highest BCUT2D eigenvalue weighted by Gasteiger charge is 2.18. The van der Waals surface area contributed by atoms with Gasteiger partial charge in [0.25, 0.3) is 0 Å². The molecule has 0 aromatic heterocycles. The first kappa shape index (κ1) is 13.3. The number of allylic oxidation sites excluding steroid dienone is 2. The van der Waals surface area contributed by atoms with Gasteiger partial charge in [-0.1, -0.05) is 60.7 Å². The highest BCUT2D eigenvalue weighted by atomic mass is 79.9. The van der Waals surface area contributed by atoms with Crippen molar-refractivity contribution in [1.82, 2.24) is 0 Å². The molecule has 1 aliphatic rings. The first-order valence-corrected chi connectivity index (χ1v) is 7.71. The molecule has 1 heteroatoms. The van der Waals surface area contributed by atoms with Crippen LogP contribution >= 0.6 is 15.9 Å². The molecular formula is C14H25Br. The molecule has 1 rings (SSSR count). The molecule has 0 N–H and O–H groups in total. The van der Waals surface area contributed by atoms with Gasteiger partial charge < -0.3 is 0 Å². The number of rotatable bonds is 6. The Labute approximate surface area is 104 Å². The highest BCUT2D eigenvalue weighted by Crippen LogP contribution is 2.32. The third-order valence-electron chi connectivity index (χ3n) is 3.60. The van der Waals surface area contributed by atoms with Gasteiger partial charge in [0.05, 0.1) is 0 Å². The van der Waals surface area contributed by atoms with Crippen LogP contribution in [-0.4, -0.2) is 5.33 Å². The summed E-state index contributed by atoms with van der Waals surface area (Å²) in [6, 6.07) is 0. The fourth-order valence-electron chi connectivity index (χ4n) is 2.60. The molecule has 0 bridgehead atoms. The Morgan fingerprint density at radius 3 is 2.47 bits per heavy atom. The zero-order valence-corrected chi connectivity index (χ0v) is 11.6. The summed E-state index contributed by atoms with van der Waals surface area (Å²) in [6.45, 7) is 2.29. The maximum Gasteiger partial charge on any atom is 0.0212 e. The van der Waals surface area contributed by atoms with Gasteiger partial charge in [-0.2, -0.15) is 0 Å². The van der Waals surface area contributed by atoms with Gasteiger partial charge in [-0.05, 0) is 37.5 Å². The lowest BCUT2D eigenvalue weighted by molar-refractivity contribution is 0.289. The Balaban J connectivity index is 2.09. The zero-order valence-electron chi connectivity index (χ0n) is 10.1. The summed E-state index contributed by atoms with van der Waals surface area (Å²) in [5, 5.41) is 1.02. The van der Waals surface area contributed by atoms with Gasteiger partial charge >= 0.3 is 0 Å². The molecule has 0 aromatic carbocycles. The molecule has 0 radical (unpaired) electrons. The van der Waals surface area contributed by atoms with Gasteiger partial charge in [-0.25, -0.2) is 0 Å². The minimum absolute atomic E-state index is 0.880. The van der Waals surface area contributed by atoms with E-state index in [1.165, 1.54) is 51.4 Å². The van der Waals surface area contributed by atoms with Gasteiger partial charge in [-0.15, -0.1) is 0 Å². The van der Waals surface area contributed by atoms with Crippen molar-refractivity contribution < 1.29 is 0 Å². The summed E-state index contributed by atoms with van der Waals surface area (Å²) < 4.78 is 0. The summed E-state index contributed by atoms with van der Waals surface area (Å²) >= 11 is 3.44. The van der Waals surface area contributed by atoms with Crippen molar-refractivity contribution in [2.45, 2.75) is 58.3 Å². The molecule has 0 spiro atoms. The maximum atomic E-state index is 3.44. The predicted molar refractivity (Wildman–Crippen MR) is 72.5 cm³/mol. The fraction of sp³-hybridized carbons (Fsp3) is 0.857. The second-order valence-corrected chi connectivity index (χ2v) is 5.51. The Bertz CT molecular complexity index is 166. The molecule has 0 amide bonds. The lowest BCUT2D eigenvalue weighted by Crippen LogP contribution is -2.13. The molecule has 0 atom stereocenters. The third kappa shape index (κ3) is 5.75. The van der Waals surface area contributed by atoms with E-state index in [4.69, 9.17) is 0 Å². The van der Waals surface area contributed by atoms with Crippen LogP contribution in [0.25, 0.3) is 0 Å². The average Bonchev–Trinajstić information content (AvgIpc) is 2.28. The molecular weight excluding hydrogens is 248 g/mol. The summed E-state index contributed by atoms with van der Waals surface area (Å²) in [5.41, 5.74) is 0. The van der Waals surface area contributed by atoms with Crippen molar-refractivity contribution in [3.05, 3.63) is 12.2 Å². The van der Waals surface area contributed by atoms with E-state index in [2.05, 4.69) is 35.0 Å². The van der Waals surface area contributed by atoms with Crippen molar-refractivity contribution in [2.24, 2.45) is 11.8 Å². The van der Waals surface area contributed by atoms with Crippen molar-refractivity contribution in [3.8, 4) is 0 Å². The molecule has 15 heavy (non-hydrogen) atoms. The van der Waals surface area contributed by atoms with E-state index >= 15 is 0 Å². The second-order valence-electron chi connectivity index (χ2n) is 4.86. The molecule has 0 aromatic rings. The largest absolute Gasteiger partial charge is 0.0883 e. The number of unbranched alkanes of at least 4 members (excludes halogenated alkanes) is 2. The van der Waals surface area contributed by atoms with Crippen LogP contribution < -0.4 is 0 Å². The normalized spacial score (nSPS) is 27.3. The molecule has 1 saturated carbocycles. The lowest BCUT2D eigenvalue weighted by Gasteiger charge is -2.26. The standard InChI is InChI=1S/C14H25Br/c1-2-3-4-6-13-8-10-14(11-9-13)7-5-12-15/h5,7,13-14H,2-4,6,8-12H2,1H3/t13-,14-. The first-order chi connectivity index (χ1) is 7.36. The number of halogens is 1. The van der Waals surface area contributed by atoms with Crippen LogP contribution in [0.15, 0.2) is 12.2 Å². The van der Waals surface area contributed by atoms with Crippen molar-refractivity contribution >= 4 is 15.9 Å². The van der Waals surface area contributed by atoms with Crippen LogP contribution in [0.5, 0.6) is 0 Å². The zero-order chi connectivity index (χ0) is 10.9. The first-order valence-electron chi connectivity index (χ1n) is 6.59. The minimum Gasteiger partial charge on any atom is -0.0883 e. The van der Waals surface area contributed by atoms with E-state index in [9.17, 15) is 0 Å². The average molecular weight is 273 g/mol. The van der Waals surface area contributed by atoms with E-state index in [1.54, 1.807) is 0 Å². The quantitative estimate of drug-likeness (QED) is 0.349. The van der Waals surface area contributed by atoms with E-state index in [0.717, 1.165) is 17.2 Å². The third-order valence-corrected chi connectivity index (χ3v) is 3.98. The maximum absolute atomic E-state index is 3.44. The van der Waals surface area contributed by atoms with Gasteiger partial charge in [0.2, 0.25) is 0 Å². The van der Waals surface area contributed by atoms with Gasteiger partial charge in [0.15, 0.2) is 0 Å². The van der Waals surface area contributed by atoms with E-state index in [-0.39, 0.29) is 0 Å². The SMILES string of the molecule is CCCCC[C@H]1CC[C@H](C=CCBr)CC1. The van der Waals surface area contributed by atoms with Gasteiger partial charge in [0, 0.05) is 5.33 Å². The van der Waals surface area contributed by atoms with Gasteiger partial charge in [-0.3, -0.25) is 0 Å². The fourth-order valence-corrected chi connectivity index (χ4v) is 2.81. The monoisotopic (exact) mass is 272 g/mol. The smallest absolute Gasteiger partial charge is 0.0212 e. The molecule has 88 valence electrons. The predicted octanol–water partition coefficient (Wildman–Crippen LogP) is 5.32. The summed E-state index contributed by atoms with van der Waals surface area (Å²) in [5.74, 6) is 1.93. The van der Waals surface area contributed by atoms with E-state index in [1.807, 2.05) is 0 Å². The Morgan fingerprint density at radius 2 is 1.87 bits per heavy atom. The van der Waals surface area contributed by atoms with E-state index in [0.29, 0.717) is 0 Å². The van der Waals surface area contributed by atoms with Crippen LogP contribution in [0.1, 0.15) is 58.3 Å². The Kier molecular flexibility index (Phi) is 7.42. The van der Waals surface area contributed by atoms with Crippen LogP contribution in [0.4, 0.5) is 0 Å². The molecule has 1 fully saturated rings. The van der Waals surface area contributed by atoms with Crippen LogP contribution in [0, 0.1) is 11.8 Å². The molecule has 0 saturated heterocycles. The molecule has 0 nitrogen and oxygen atoms in total. The number of hydrogen-bond donors (Lipinski definition) is 0. The summed E-state index contributed by atoms with van der Waals surface area (Å²) in [4.78, 5) is 0. The Morgan fingerprint density at radius 1 is 1.13 bits per heavy atom. The van der Waals surface area contributed by atoms with Gasteiger partial charge in [0.1, 0.15) is 0 Å². The van der Waals surface area contributed by atoms with Crippen molar-refractivity contribution in [1.29, 1.82) is 0 Å². The number of alkyl halides is 1. The lowest BCUT2D eigenvalue weighted by atomic mass is 9.79. The molecule has 0 heterocycles. The molecule has 0 aliphatic heterocycles. The topological polar surface area (TPSA) is 0 Å². The van der Waals surface area contributed by atoms with Crippen LogP contribution in [0.3, 0.4) is 0 Å². The Hall–Kier alpha value is 0.220. The highest BCUT2D eigenvalue weighted by molar-refractivity contribution is 9.09. The van der Waals surface area contributed by atoms with Crippen LogP contribution in [0.2, 0.25) is 0 Å². The minimum atomic E-state index is 0.880. The summed E-state index contributed by atoms with van der Waals surface area (Å²) in [6.07, 6.45) is 16.2. The van der Waals surface area contributed by atoms with Crippen molar-refractivity contribution in [2.75, 3.05) is 5.33 Å². The second kappa shape index (κ2) is 8.38. The number of hydrogen-bond acceptors (Lipinski definition) is 0. The van der Waals surface area contributed by atoms with Crippen LogP contribution in [-0.2, 0) is 0 Å². The van der Waals surface area contributed by atoms with Crippen molar-refractivity contribution in [3.63, 3.8) is 0 Å². The summed E-state index contributed by atoms with van der Waals surface area (Å²) in [7, 11) is 0.